The van der Waals surface area contributed by atoms with Crippen molar-refractivity contribution in [3.63, 3.8) is 0 Å². The predicted octanol–water partition coefficient (Wildman–Crippen LogP) is 6.85. The Kier molecular flexibility index (Phi) is 6.60. The van der Waals surface area contributed by atoms with Gasteiger partial charge in [-0.25, -0.2) is 0 Å². The lowest BCUT2D eigenvalue weighted by molar-refractivity contribution is 1.20. The molecule has 1 heterocycles. The fourth-order valence-corrected chi connectivity index (χ4v) is 3.26. The lowest BCUT2D eigenvalue weighted by Crippen LogP contribution is -1.87. The average molecular weight is 362 g/mol. The molecular weight excluding hydrogens is 340 g/mol. The van der Waals surface area contributed by atoms with Crippen LogP contribution >= 0.6 is 0 Å². The molecule has 5 rings (SSSR count). The molecule has 1 aliphatic rings. The van der Waals surface area contributed by atoms with Gasteiger partial charge in [0.2, 0.25) is 0 Å². The van der Waals surface area contributed by atoms with Gasteiger partial charge in [-0.2, -0.15) is 5.26 Å². The molecule has 0 unspecified atom stereocenters. The number of fused-ring (bicyclic) bond motifs is 6. The molecule has 0 amide bonds. The zero-order valence-electron chi connectivity index (χ0n) is 15.8. The maximum atomic E-state index is 7.32. The Morgan fingerprint density at radius 2 is 0.786 bits per heavy atom. The number of allylic oxidation sites excluding steroid dienone is 4. The molecule has 1 N–H and O–H groups in total. The summed E-state index contributed by atoms with van der Waals surface area (Å²) in [5, 5.41) is 18.3. The average Bonchev–Trinajstić information content (AvgIpc) is 3.08. The maximum absolute atomic E-state index is 7.32. The molecule has 1 aliphatic heterocycles. The van der Waals surface area contributed by atoms with Crippen LogP contribution in [0.2, 0.25) is 0 Å². The second-order valence-electron chi connectivity index (χ2n) is 6.13. The summed E-state index contributed by atoms with van der Waals surface area (Å²) in [6, 6.07) is 27.7. The SMILES string of the molecule is C1=CC=CNC=C1.CC#N.c1ccc2c(c1)c1ccccc1c1ccccc21. The highest BCUT2D eigenvalue weighted by molar-refractivity contribution is 6.25. The summed E-state index contributed by atoms with van der Waals surface area (Å²) in [6.45, 7) is 1.43. The van der Waals surface area contributed by atoms with Crippen molar-refractivity contribution in [2.45, 2.75) is 6.92 Å². The highest BCUT2D eigenvalue weighted by Gasteiger charge is 2.06. The van der Waals surface area contributed by atoms with Gasteiger partial charge in [-0.05, 0) is 44.5 Å². The second-order valence-corrected chi connectivity index (χ2v) is 6.13. The molecule has 0 aromatic heterocycles. The van der Waals surface area contributed by atoms with E-state index in [2.05, 4.69) is 78.1 Å². The summed E-state index contributed by atoms with van der Waals surface area (Å²) < 4.78 is 0. The van der Waals surface area contributed by atoms with Crippen LogP contribution in [0, 0.1) is 11.3 Å². The lowest BCUT2D eigenvalue weighted by atomic mass is 9.95. The van der Waals surface area contributed by atoms with E-state index in [1.54, 1.807) is 6.07 Å². The van der Waals surface area contributed by atoms with Crippen molar-refractivity contribution in [2.24, 2.45) is 0 Å². The van der Waals surface area contributed by atoms with Gasteiger partial charge < -0.3 is 5.32 Å². The van der Waals surface area contributed by atoms with E-state index in [1.807, 2.05) is 36.7 Å². The van der Waals surface area contributed by atoms with E-state index in [1.165, 1.54) is 39.2 Å². The normalized spacial score (nSPS) is 11.6. The van der Waals surface area contributed by atoms with Crippen molar-refractivity contribution in [2.75, 3.05) is 0 Å². The number of hydrogen-bond donors (Lipinski definition) is 1. The molecule has 0 aliphatic carbocycles. The van der Waals surface area contributed by atoms with Crippen LogP contribution in [-0.4, -0.2) is 0 Å². The van der Waals surface area contributed by atoms with Crippen LogP contribution in [0.25, 0.3) is 32.3 Å². The monoisotopic (exact) mass is 362 g/mol. The Morgan fingerprint density at radius 3 is 1.04 bits per heavy atom. The number of rotatable bonds is 0. The lowest BCUT2D eigenvalue weighted by Gasteiger charge is -2.09. The number of hydrogen-bond acceptors (Lipinski definition) is 2. The standard InChI is InChI=1S/C18H12.C6H7N.C2H3N/c1-2-8-14-13(7-1)15-9-3-4-11-17(15)18-12-6-5-10-16(14)18;1-2-4-6-7-5-3-1;1-2-3/h1-12H;1-7H;1H3. The van der Waals surface area contributed by atoms with Crippen LogP contribution in [-0.2, 0) is 0 Å². The zero-order chi connectivity index (χ0) is 19.6. The van der Waals surface area contributed by atoms with E-state index in [0.717, 1.165) is 0 Å². The van der Waals surface area contributed by atoms with Crippen LogP contribution in [0.3, 0.4) is 0 Å². The molecule has 2 nitrogen and oxygen atoms in total. The molecule has 0 spiro atoms. The van der Waals surface area contributed by atoms with Crippen molar-refractivity contribution in [1.82, 2.24) is 5.32 Å². The van der Waals surface area contributed by atoms with Gasteiger partial charge in [-0.1, -0.05) is 84.9 Å². The van der Waals surface area contributed by atoms with Crippen LogP contribution in [0.4, 0.5) is 0 Å². The minimum atomic E-state index is 1.34. The van der Waals surface area contributed by atoms with Crippen molar-refractivity contribution in [1.29, 1.82) is 5.26 Å². The molecule has 28 heavy (non-hydrogen) atoms. The van der Waals surface area contributed by atoms with Crippen LogP contribution in [0.15, 0.2) is 110 Å². The van der Waals surface area contributed by atoms with E-state index < -0.39 is 0 Å². The molecule has 0 radical (unpaired) electrons. The highest BCUT2D eigenvalue weighted by Crippen LogP contribution is 2.34. The zero-order valence-corrected chi connectivity index (χ0v) is 15.8. The minimum absolute atomic E-state index is 1.34. The van der Waals surface area contributed by atoms with Gasteiger partial charge in [0.15, 0.2) is 0 Å². The second kappa shape index (κ2) is 9.75. The first-order valence-electron chi connectivity index (χ1n) is 9.20. The molecule has 0 saturated heterocycles. The fourth-order valence-electron chi connectivity index (χ4n) is 3.26. The van der Waals surface area contributed by atoms with Gasteiger partial charge >= 0.3 is 0 Å². The summed E-state index contributed by atoms with van der Waals surface area (Å²) >= 11 is 0. The summed E-state index contributed by atoms with van der Waals surface area (Å²) in [5.74, 6) is 0. The summed E-state index contributed by atoms with van der Waals surface area (Å²) in [7, 11) is 0. The third kappa shape index (κ3) is 4.28. The van der Waals surface area contributed by atoms with Crippen LogP contribution in [0.1, 0.15) is 6.92 Å². The fraction of sp³-hybridized carbons (Fsp3) is 0.0385. The maximum Gasteiger partial charge on any atom is 0.0587 e. The Labute approximate surface area is 165 Å². The Bertz CT molecular complexity index is 973. The van der Waals surface area contributed by atoms with E-state index in [0.29, 0.717) is 0 Å². The van der Waals surface area contributed by atoms with E-state index in [-0.39, 0.29) is 0 Å². The van der Waals surface area contributed by atoms with E-state index >= 15 is 0 Å². The molecule has 0 saturated carbocycles. The van der Waals surface area contributed by atoms with Gasteiger partial charge in [0.05, 0.1) is 6.07 Å². The van der Waals surface area contributed by atoms with Crippen LogP contribution in [0.5, 0.6) is 0 Å². The molecular formula is C26H22N2. The first-order valence-corrected chi connectivity index (χ1v) is 9.20. The van der Waals surface area contributed by atoms with E-state index in [9.17, 15) is 0 Å². The number of nitrogens with zero attached hydrogens (tertiary/aromatic N) is 1. The number of nitrogens with one attached hydrogen (secondary N) is 1. The molecule has 2 heteroatoms. The molecule has 0 fully saturated rings. The highest BCUT2D eigenvalue weighted by atomic mass is 14.8. The number of nitriles is 1. The van der Waals surface area contributed by atoms with Crippen molar-refractivity contribution >= 4 is 32.3 Å². The Hall–Kier alpha value is -3.83. The smallest absolute Gasteiger partial charge is 0.0587 e. The minimum Gasteiger partial charge on any atom is -0.368 e. The van der Waals surface area contributed by atoms with Gasteiger partial charge in [-0.3, -0.25) is 0 Å². The molecule has 136 valence electrons. The van der Waals surface area contributed by atoms with Gasteiger partial charge in [-0.15, -0.1) is 0 Å². The molecule has 0 bridgehead atoms. The van der Waals surface area contributed by atoms with Crippen molar-refractivity contribution < 1.29 is 0 Å². The first kappa shape index (κ1) is 18.9. The molecule has 0 atom stereocenters. The quantitative estimate of drug-likeness (QED) is 0.347. The number of benzene rings is 4. The Morgan fingerprint density at radius 1 is 0.536 bits per heavy atom. The largest absolute Gasteiger partial charge is 0.368 e. The van der Waals surface area contributed by atoms with E-state index in [4.69, 9.17) is 5.26 Å². The topological polar surface area (TPSA) is 35.8 Å². The van der Waals surface area contributed by atoms with Gasteiger partial charge in [0.1, 0.15) is 0 Å². The predicted molar refractivity (Wildman–Crippen MR) is 121 cm³/mol. The van der Waals surface area contributed by atoms with Gasteiger partial charge in [0.25, 0.3) is 0 Å². The summed E-state index contributed by atoms with van der Waals surface area (Å²) in [6.07, 6.45) is 11.6. The van der Waals surface area contributed by atoms with Crippen molar-refractivity contribution in [3.05, 3.63) is 110 Å². The Balaban J connectivity index is 0.000000188. The van der Waals surface area contributed by atoms with Gasteiger partial charge in [0, 0.05) is 19.3 Å². The third-order valence-corrected chi connectivity index (χ3v) is 4.37. The molecule has 4 aromatic carbocycles. The first-order chi connectivity index (χ1) is 13.9. The molecule has 4 aromatic rings. The summed E-state index contributed by atoms with van der Waals surface area (Å²) in [4.78, 5) is 0. The third-order valence-electron chi connectivity index (χ3n) is 4.37. The van der Waals surface area contributed by atoms with Crippen molar-refractivity contribution in [3.8, 4) is 6.07 Å². The van der Waals surface area contributed by atoms with Crippen LogP contribution < -0.4 is 5.32 Å². The summed E-state index contributed by atoms with van der Waals surface area (Å²) in [5.41, 5.74) is 0.